The average molecular weight is 383 g/mol. The van der Waals surface area contributed by atoms with Gasteiger partial charge in [-0.05, 0) is 24.6 Å². The number of halogens is 1. The third kappa shape index (κ3) is 4.38. The quantitative estimate of drug-likeness (QED) is 0.805. The molecule has 1 aromatic carbocycles. The molecule has 0 aliphatic rings. The number of esters is 1. The molecule has 0 saturated heterocycles. The topological polar surface area (TPSA) is 68.3 Å². The maximum absolute atomic E-state index is 12.3. The van der Waals surface area contributed by atoms with Gasteiger partial charge in [0, 0.05) is 9.85 Å². The third-order valence-corrected chi connectivity index (χ3v) is 4.27. The molecule has 1 unspecified atom stereocenters. The highest BCUT2D eigenvalue weighted by Gasteiger charge is 2.21. The van der Waals surface area contributed by atoms with E-state index in [0.29, 0.717) is 5.69 Å². The first-order chi connectivity index (χ1) is 10.5. The number of benzene rings is 1. The highest BCUT2D eigenvalue weighted by Crippen LogP contribution is 2.22. The van der Waals surface area contributed by atoms with Crippen molar-refractivity contribution >= 4 is 39.1 Å². The van der Waals surface area contributed by atoms with E-state index in [1.54, 1.807) is 5.38 Å². The summed E-state index contributed by atoms with van der Waals surface area (Å²) >= 11 is 4.79. The van der Waals surface area contributed by atoms with Crippen molar-refractivity contribution in [1.82, 2.24) is 10.3 Å². The van der Waals surface area contributed by atoms with Crippen molar-refractivity contribution < 1.29 is 14.3 Å². The number of carbonyl (C=O) groups is 2. The zero-order chi connectivity index (χ0) is 16.1. The van der Waals surface area contributed by atoms with Crippen LogP contribution in [0.5, 0.6) is 0 Å². The number of nitrogens with zero attached hydrogens (tertiary/aromatic N) is 1. The van der Waals surface area contributed by atoms with Crippen LogP contribution in [-0.4, -0.2) is 24.0 Å². The Morgan fingerprint density at radius 3 is 2.82 bits per heavy atom. The van der Waals surface area contributed by atoms with Gasteiger partial charge in [0.05, 0.1) is 24.6 Å². The first kappa shape index (κ1) is 16.6. The van der Waals surface area contributed by atoms with Gasteiger partial charge in [0.15, 0.2) is 0 Å². The predicted molar refractivity (Wildman–Crippen MR) is 87.8 cm³/mol. The van der Waals surface area contributed by atoms with Crippen LogP contribution in [-0.2, 0) is 9.53 Å². The number of rotatable bonds is 5. The number of aryl methyl sites for hydroxylation is 1. The first-order valence-electron chi connectivity index (χ1n) is 6.55. The lowest BCUT2D eigenvalue weighted by Crippen LogP contribution is -2.30. The van der Waals surface area contributed by atoms with Gasteiger partial charge < -0.3 is 10.1 Å². The van der Waals surface area contributed by atoms with Crippen LogP contribution in [0.1, 0.15) is 33.5 Å². The van der Waals surface area contributed by atoms with Gasteiger partial charge in [0.25, 0.3) is 5.91 Å². The van der Waals surface area contributed by atoms with Crippen molar-refractivity contribution in [1.29, 1.82) is 0 Å². The monoisotopic (exact) mass is 382 g/mol. The molecule has 116 valence electrons. The molecule has 0 fully saturated rings. The summed E-state index contributed by atoms with van der Waals surface area (Å²) < 4.78 is 5.58. The summed E-state index contributed by atoms with van der Waals surface area (Å²) in [4.78, 5) is 28.0. The molecule has 2 rings (SSSR count). The highest BCUT2D eigenvalue weighted by atomic mass is 79.9. The largest absolute Gasteiger partial charge is 0.469 e. The number of carbonyl (C=O) groups excluding carboxylic acids is 2. The number of hydrogen-bond donors (Lipinski definition) is 1. The van der Waals surface area contributed by atoms with E-state index in [-0.39, 0.29) is 18.3 Å². The summed E-state index contributed by atoms with van der Waals surface area (Å²) in [7, 11) is 1.33. The Labute approximate surface area is 140 Å². The molecule has 0 aliphatic carbocycles. The van der Waals surface area contributed by atoms with Gasteiger partial charge in [0.1, 0.15) is 5.69 Å². The van der Waals surface area contributed by atoms with Crippen LogP contribution in [0.2, 0.25) is 0 Å². The summed E-state index contributed by atoms with van der Waals surface area (Å²) in [6.07, 6.45) is 0.0574. The summed E-state index contributed by atoms with van der Waals surface area (Å²) in [5.41, 5.74) is 1.17. The lowest BCUT2D eigenvalue weighted by atomic mass is 10.0. The third-order valence-electron chi connectivity index (χ3n) is 3.01. The van der Waals surface area contributed by atoms with Crippen LogP contribution in [0.4, 0.5) is 0 Å². The fourth-order valence-corrected chi connectivity index (χ4v) is 2.94. The van der Waals surface area contributed by atoms with E-state index in [1.165, 1.54) is 18.4 Å². The number of thiazole rings is 1. The zero-order valence-corrected chi connectivity index (χ0v) is 14.5. The van der Waals surface area contributed by atoms with Gasteiger partial charge in [-0.2, -0.15) is 0 Å². The van der Waals surface area contributed by atoms with E-state index in [4.69, 9.17) is 4.74 Å². The molecule has 0 aliphatic heterocycles. The van der Waals surface area contributed by atoms with Gasteiger partial charge >= 0.3 is 5.97 Å². The first-order valence-corrected chi connectivity index (χ1v) is 8.22. The van der Waals surface area contributed by atoms with Gasteiger partial charge in [0.2, 0.25) is 0 Å². The van der Waals surface area contributed by atoms with Crippen molar-refractivity contribution in [3.63, 3.8) is 0 Å². The van der Waals surface area contributed by atoms with Gasteiger partial charge in [-0.1, -0.05) is 28.1 Å². The van der Waals surface area contributed by atoms with Crippen molar-refractivity contribution in [2.24, 2.45) is 0 Å². The van der Waals surface area contributed by atoms with Crippen LogP contribution >= 0.6 is 27.3 Å². The van der Waals surface area contributed by atoms with Gasteiger partial charge in [-0.3, -0.25) is 9.59 Å². The van der Waals surface area contributed by atoms with E-state index in [0.717, 1.165) is 15.0 Å². The lowest BCUT2D eigenvalue weighted by molar-refractivity contribution is -0.141. The molecule has 1 amide bonds. The SMILES string of the molecule is COC(=O)CC(NC(=O)c1csc(C)n1)c1cccc(Br)c1. The molecule has 1 aromatic heterocycles. The van der Waals surface area contributed by atoms with Gasteiger partial charge in [-0.15, -0.1) is 11.3 Å². The van der Waals surface area contributed by atoms with E-state index in [9.17, 15) is 9.59 Å². The molecule has 0 bridgehead atoms. The molecule has 1 heterocycles. The molecule has 5 nitrogen and oxygen atoms in total. The van der Waals surface area contributed by atoms with Crippen LogP contribution in [0.3, 0.4) is 0 Å². The van der Waals surface area contributed by atoms with E-state index in [2.05, 4.69) is 26.2 Å². The Balaban J connectivity index is 2.20. The molecule has 2 aromatic rings. The Kier molecular flexibility index (Phi) is 5.68. The van der Waals surface area contributed by atoms with Crippen molar-refractivity contribution in [3.05, 3.63) is 50.4 Å². The summed E-state index contributed by atoms with van der Waals surface area (Å²) in [6.45, 7) is 1.84. The van der Waals surface area contributed by atoms with E-state index >= 15 is 0 Å². The maximum atomic E-state index is 12.3. The zero-order valence-electron chi connectivity index (χ0n) is 12.1. The summed E-state index contributed by atoms with van der Waals surface area (Å²) in [5.74, 6) is -0.696. The molecule has 0 saturated carbocycles. The number of ether oxygens (including phenoxy) is 1. The minimum atomic E-state index is -0.473. The van der Waals surface area contributed by atoms with E-state index < -0.39 is 6.04 Å². The van der Waals surface area contributed by atoms with Crippen LogP contribution < -0.4 is 5.32 Å². The Bertz CT molecular complexity index is 687. The second-order valence-corrected chi connectivity index (χ2v) is 6.59. The number of aromatic nitrogens is 1. The highest BCUT2D eigenvalue weighted by molar-refractivity contribution is 9.10. The molecule has 0 spiro atoms. The Morgan fingerprint density at radius 2 is 2.23 bits per heavy atom. The summed E-state index contributed by atoms with van der Waals surface area (Å²) in [6, 6.07) is 6.97. The van der Waals surface area contributed by atoms with Gasteiger partial charge in [-0.25, -0.2) is 4.98 Å². The normalized spacial score (nSPS) is 11.8. The molecular weight excluding hydrogens is 368 g/mol. The number of amides is 1. The minimum absolute atomic E-state index is 0.0574. The number of nitrogens with one attached hydrogen (secondary N) is 1. The second kappa shape index (κ2) is 7.51. The Morgan fingerprint density at radius 1 is 1.45 bits per heavy atom. The smallest absolute Gasteiger partial charge is 0.307 e. The standard InChI is InChI=1S/C15H15BrN2O3S/c1-9-17-13(8-22-9)15(20)18-12(7-14(19)21-2)10-4-3-5-11(16)6-10/h3-6,8,12H,7H2,1-2H3,(H,18,20). The molecule has 7 heteroatoms. The molecule has 22 heavy (non-hydrogen) atoms. The second-order valence-electron chi connectivity index (χ2n) is 4.61. The predicted octanol–water partition coefficient (Wildman–Crippen LogP) is 3.25. The Hall–Kier alpha value is -1.73. The fourth-order valence-electron chi connectivity index (χ4n) is 1.93. The number of methoxy groups -OCH3 is 1. The van der Waals surface area contributed by atoms with Crippen LogP contribution in [0.25, 0.3) is 0 Å². The van der Waals surface area contributed by atoms with E-state index in [1.807, 2.05) is 31.2 Å². The van der Waals surface area contributed by atoms with Crippen LogP contribution in [0.15, 0.2) is 34.1 Å². The van der Waals surface area contributed by atoms with Crippen molar-refractivity contribution in [2.45, 2.75) is 19.4 Å². The maximum Gasteiger partial charge on any atom is 0.307 e. The fraction of sp³-hybridized carbons (Fsp3) is 0.267. The van der Waals surface area contributed by atoms with Crippen molar-refractivity contribution in [2.75, 3.05) is 7.11 Å². The average Bonchev–Trinajstić information content (AvgIpc) is 2.93. The summed E-state index contributed by atoms with van der Waals surface area (Å²) in [5, 5.41) is 5.35. The van der Waals surface area contributed by atoms with Crippen LogP contribution in [0, 0.1) is 6.92 Å². The lowest BCUT2D eigenvalue weighted by Gasteiger charge is -2.18. The minimum Gasteiger partial charge on any atom is -0.469 e. The molecular formula is C15H15BrN2O3S. The molecule has 1 atom stereocenters. The molecule has 1 N–H and O–H groups in total. The number of hydrogen-bond acceptors (Lipinski definition) is 5. The van der Waals surface area contributed by atoms with Crippen molar-refractivity contribution in [3.8, 4) is 0 Å². The molecule has 0 radical (unpaired) electrons.